The molecular formula is C11H14N2O2. The van der Waals surface area contributed by atoms with Crippen molar-refractivity contribution in [3.8, 4) is 0 Å². The van der Waals surface area contributed by atoms with Crippen molar-refractivity contribution in [2.24, 2.45) is 5.84 Å². The molecule has 0 bridgehead atoms. The van der Waals surface area contributed by atoms with Gasteiger partial charge in [-0.05, 0) is 5.56 Å². The Hall–Kier alpha value is -1.65. The molecule has 0 aromatic heterocycles. The van der Waals surface area contributed by atoms with Crippen LogP contribution in [0, 0.1) is 0 Å². The Morgan fingerprint density at radius 1 is 1.53 bits per heavy atom. The first-order valence-electron chi connectivity index (χ1n) is 4.57. The Labute approximate surface area is 88.7 Å². The summed E-state index contributed by atoms with van der Waals surface area (Å²) in [5.41, 5.74) is 2.84. The van der Waals surface area contributed by atoms with Gasteiger partial charge in [-0.1, -0.05) is 36.4 Å². The molecule has 4 heteroatoms. The minimum absolute atomic E-state index is 0.299. The molecule has 1 unspecified atom stereocenters. The second-order valence-corrected chi connectivity index (χ2v) is 2.92. The number of carbonyl (C=O) groups is 1. The molecule has 1 aromatic rings. The van der Waals surface area contributed by atoms with Gasteiger partial charge in [0.05, 0.1) is 6.61 Å². The lowest BCUT2D eigenvalue weighted by atomic mass is 10.1. The summed E-state index contributed by atoms with van der Waals surface area (Å²) in [7, 11) is 0. The number of hydrogen-bond donors (Lipinski definition) is 2. The van der Waals surface area contributed by atoms with Gasteiger partial charge in [-0.25, -0.2) is 5.84 Å². The van der Waals surface area contributed by atoms with Gasteiger partial charge in [0.2, 0.25) is 0 Å². The Morgan fingerprint density at radius 2 is 2.20 bits per heavy atom. The van der Waals surface area contributed by atoms with Crippen LogP contribution >= 0.6 is 0 Å². The SMILES string of the molecule is C=CCOC(C(=O)NN)c1ccccc1. The summed E-state index contributed by atoms with van der Waals surface area (Å²) in [6, 6.07) is 9.16. The average Bonchev–Trinajstić information content (AvgIpc) is 2.30. The highest BCUT2D eigenvalue weighted by molar-refractivity contribution is 5.81. The molecule has 0 fully saturated rings. The van der Waals surface area contributed by atoms with Crippen LogP contribution in [0.4, 0.5) is 0 Å². The highest BCUT2D eigenvalue weighted by Crippen LogP contribution is 2.16. The number of carbonyl (C=O) groups excluding carboxylic acids is 1. The van der Waals surface area contributed by atoms with Crippen LogP contribution in [0.25, 0.3) is 0 Å². The smallest absolute Gasteiger partial charge is 0.267 e. The molecule has 1 amide bonds. The van der Waals surface area contributed by atoms with Crippen LogP contribution in [0.1, 0.15) is 11.7 Å². The highest BCUT2D eigenvalue weighted by atomic mass is 16.5. The third-order valence-corrected chi connectivity index (χ3v) is 1.86. The van der Waals surface area contributed by atoms with Gasteiger partial charge >= 0.3 is 0 Å². The van der Waals surface area contributed by atoms with Gasteiger partial charge in [0.25, 0.3) is 5.91 Å². The molecule has 80 valence electrons. The van der Waals surface area contributed by atoms with E-state index in [-0.39, 0.29) is 5.91 Å². The van der Waals surface area contributed by atoms with Crippen molar-refractivity contribution in [3.05, 3.63) is 48.6 Å². The van der Waals surface area contributed by atoms with Gasteiger partial charge in [0.15, 0.2) is 6.10 Å². The molecule has 3 N–H and O–H groups in total. The van der Waals surface area contributed by atoms with Crippen LogP contribution in [-0.2, 0) is 9.53 Å². The standard InChI is InChI=1S/C11H14N2O2/c1-2-8-15-10(11(14)13-12)9-6-4-3-5-7-9/h2-7,10H,1,8,12H2,(H,13,14). The van der Waals surface area contributed by atoms with Gasteiger partial charge in [-0.3, -0.25) is 10.2 Å². The van der Waals surface area contributed by atoms with Crippen molar-refractivity contribution in [1.82, 2.24) is 5.43 Å². The molecule has 0 aliphatic rings. The van der Waals surface area contributed by atoms with Crippen molar-refractivity contribution in [2.75, 3.05) is 6.61 Å². The van der Waals surface area contributed by atoms with Crippen LogP contribution in [0.15, 0.2) is 43.0 Å². The molecular weight excluding hydrogens is 192 g/mol. The van der Waals surface area contributed by atoms with E-state index < -0.39 is 6.10 Å². The molecule has 0 heterocycles. The van der Waals surface area contributed by atoms with Gasteiger partial charge in [0, 0.05) is 0 Å². The molecule has 0 radical (unpaired) electrons. The van der Waals surface area contributed by atoms with Crippen molar-refractivity contribution < 1.29 is 9.53 Å². The van der Waals surface area contributed by atoms with Crippen molar-refractivity contribution >= 4 is 5.91 Å². The molecule has 1 rings (SSSR count). The summed E-state index contributed by atoms with van der Waals surface area (Å²) >= 11 is 0. The Morgan fingerprint density at radius 3 is 2.73 bits per heavy atom. The highest BCUT2D eigenvalue weighted by Gasteiger charge is 2.19. The van der Waals surface area contributed by atoms with Crippen molar-refractivity contribution in [3.63, 3.8) is 0 Å². The maximum atomic E-state index is 11.4. The minimum Gasteiger partial charge on any atom is -0.360 e. The molecule has 15 heavy (non-hydrogen) atoms. The first-order valence-corrected chi connectivity index (χ1v) is 4.57. The van der Waals surface area contributed by atoms with E-state index >= 15 is 0 Å². The topological polar surface area (TPSA) is 64.3 Å². The summed E-state index contributed by atoms with van der Waals surface area (Å²) in [5, 5.41) is 0. The average molecular weight is 206 g/mol. The first-order chi connectivity index (χ1) is 7.29. The first kappa shape index (κ1) is 11.4. The van der Waals surface area contributed by atoms with Gasteiger partial charge < -0.3 is 4.74 Å². The molecule has 0 spiro atoms. The molecule has 1 aromatic carbocycles. The van der Waals surface area contributed by atoms with E-state index in [0.29, 0.717) is 6.61 Å². The van der Waals surface area contributed by atoms with Crippen LogP contribution < -0.4 is 11.3 Å². The maximum absolute atomic E-state index is 11.4. The number of nitrogens with one attached hydrogen (secondary N) is 1. The number of amides is 1. The second kappa shape index (κ2) is 5.95. The third kappa shape index (κ3) is 3.19. The lowest BCUT2D eigenvalue weighted by molar-refractivity contribution is -0.132. The van der Waals surface area contributed by atoms with E-state index in [9.17, 15) is 4.79 Å². The van der Waals surface area contributed by atoms with Crippen LogP contribution in [0.5, 0.6) is 0 Å². The molecule has 0 aliphatic carbocycles. The Kier molecular flexibility index (Phi) is 4.53. The zero-order valence-corrected chi connectivity index (χ0v) is 8.35. The lowest BCUT2D eigenvalue weighted by Crippen LogP contribution is -2.35. The number of hydrogen-bond acceptors (Lipinski definition) is 3. The second-order valence-electron chi connectivity index (χ2n) is 2.92. The zero-order chi connectivity index (χ0) is 11.1. The number of hydrazine groups is 1. The van der Waals surface area contributed by atoms with Gasteiger partial charge in [-0.15, -0.1) is 6.58 Å². The van der Waals surface area contributed by atoms with E-state index in [4.69, 9.17) is 10.6 Å². The molecule has 0 saturated carbocycles. The monoisotopic (exact) mass is 206 g/mol. The summed E-state index contributed by atoms with van der Waals surface area (Å²) in [6.07, 6.45) is 0.897. The molecule has 1 atom stereocenters. The summed E-state index contributed by atoms with van der Waals surface area (Å²) in [5.74, 6) is 4.70. The summed E-state index contributed by atoms with van der Waals surface area (Å²) in [6.45, 7) is 3.82. The van der Waals surface area contributed by atoms with Crippen molar-refractivity contribution in [2.45, 2.75) is 6.10 Å². The molecule has 0 saturated heterocycles. The molecule has 4 nitrogen and oxygen atoms in total. The van der Waals surface area contributed by atoms with Gasteiger partial charge in [0.1, 0.15) is 0 Å². The number of benzene rings is 1. The lowest BCUT2D eigenvalue weighted by Gasteiger charge is -2.15. The van der Waals surface area contributed by atoms with E-state index in [1.165, 1.54) is 0 Å². The van der Waals surface area contributed by atoms with E-state index in [2.05, 4.69) is 12.0 Å². The predicted molar refractivity (Wildman–Crippen MR) is 57.7 cm³/mol. The largest absolute Gasteiger partial charge is 0.360 e. The summed E-state index contributed by atoms with van der Waals surface area (Å²) < 4.78 is 5.32. The fourth-order valence-corrected chi connectivity index (χ4v) is 1.19. The maximum Gasteiger partial charge on any atom is 0.267 e. The predicted octanol–water partition coefficient (Wildman–Crippen LogP) is 0.920. The zero-order valence-electron chi connectivity index (χ0n) is 8.35. The number of rotatable bonds is 5. The molecule has 0 aliphatic heterocycles. The normalized spacial score (nSPS) is 11.8. The minimum atomic E-state index is -0.686. The Balaban J connectivity index is 2.81. The van der Waals surface area contributed by atoms with Crippen LogP contribution in [0.3, 0.4) is 0 Å². The third-order valence-electron chi connectivity index (χ3n) is 1.86. The van der Waals surface area contributed by atoms with E-state index in [1.54, 1.807) is 6.08 Å². The van der Waals surface area contributed by atoms with Crippen LogP contribution in [-0.4, -0.2) is 12.5 Å². The summed E-state index contributed by atoms with van der Waals surface area (Å²) in [4.78, 5) is 11.4. The van der Waals surface area contributed by atoms with Gasteiger partial charge in [-0.2, -0.15) is 0 Å². The number of ether oxygens (including phenoxy) is 1. The fourth-order valence-electron chi connectivity index (χ4n) is 1.19. The quantitative estimate of drug-likeness (QED) is 0.326. The van der Waals surface area contributed by atoms with Crippen LogP contribution in [0.2, 0.25) is 0 Å². The van der Waals surface area contributed by atoms with Crippen molar-refractivity contribution in [1.29, 1.82) is 0 Å². The number of nitrogens with two attached hydrogens (primary N) is 1. The fraction of sp³-hybridized carbons (Fsp3) is 0.182. The van der Waals surface area contributed by atoms with E-state index in [0.717, 1.165) is 5.56 Å². The van der Waals surface area contributed by atoms with E-state index in [1.807, 2.05) is 30.3 Å². The Bertz CT molecular complexity index is 325.